The third-order valence-corrected chi connectivity index (χ3v) is 5.89. The van der Waals surface area contributed by atoms with Gasteiger partial charge >= 0.3 is 0 Å². The fourth-order valence-electron chi connectivity index (χ4n) is 4.16. The van der Waals surface area contributed by atoms with Gasteiger partial charge in [-0.15, -0.1) is 0 Å². The van der Waals surface area contributed by atoms with Gasteiger partial charge in [-0.2, -0.15) is 0 Å². The van der Waals surface area contributed by atoms with E-state index in [9.17, 15) is 24.5 Å². The number of non-ortho nitro benzene ring substituents is 1. The minimum atomic E-state index is -1.05. The molecule has 3 amide bonds. The lowest BCUT2D eigenvalue weighted by Crippen LogP contribution is -2.45. The molecule has 2 aliphatic heterocycles. The van der Waals surface area contributed by atoms with Crippen LogP contribution in [-0.4, -0.2) is 40.4 Å². The molecule has 0 radical (unpaired) electrons. The molecule has 2 heterocycles. The molecule has 0 aromatic heterocycles. The maximum atomic E-state index is 13.6. The number of anilines is 1. The molecule has 3 aromatic rings. The SMILES string of the molecule is O=C1CC(N(Cc2ccc3c(c2)OCO3)C(=O)c2ccc([N+](=O)[O-])cc2)C(=O)N1c1ccccc1. The van der Waals surface area contributed by atoms with E-state index in [1.165, 1.54) is 29.2 Å². The van der Waals surface area contributed by atoms with Crippen molar-refractivity contribution in [3.63, 3.8) is 0 Å². The largest absolute Gasteiger partial charge is 0.454 e. The highest BCUT2D eigenvalue weighted by Crippen LogP contribution is 2.34. The van der Waals surface area contributed by atoms with Gasteiger partial charge in [0.1, 0.15) is 6.04 Å². The van der Waals surface area contributed by atoms with Crippen molar-refractivity contribution in [2.75, 3.05) is 11.7 Å². The fraction of sp³-hybridized carbons (Fsp3) is 0.160. The molecule has 0 spiro atoms. The van der Waals surface area contributed by atoms with Crippen LogP contribution < -0.4 is 14.4 Å². The van der Waals surface area contributed by atoms with Gasteiger partial charge in [0.2, 0.25) is 12.7 Å². The van der Waals surface area contributed by atoms with Crippen molar-refractivity contribution in [2.24, 2.45) is 0 Å². The lowest BCUT2D eigenvalue weighted by Gasteiger charge is -2.28. The molecule has 0 N–H and O–H groups in total. The average Bonchev–Trinajstić information content (AvgIpc) is 3.45. The first kappa shape index (κ1) is 22.1. The van der Waals surface area contributed by atoms with Crippen LogP contribution >= 0.6 is 0 Å². The standard InChI is InChI=1S/C25H19N3O7/c29-23-13-20(25(31)27(23)18-4-2-1-3-5-18)26(14-16-6-11-21-22(12-16)35-15-34-21)24(30)17-7-9-19(10-8-17)28(32)33/h1-12,20H,13-15H2. The maximum Gasteiger partial charge on any atom is 0.269 e. The third-order valence-electron chi connectivity index (χ3n) is 5.89. The number of ether oxygens (including phenoxy) is 2. The Bertz CT molecular complexity index is 1320. The van der Waals surface area contributed by atoms with Crippen LogP contribution in [0.4, 0.5) is 11.4 Å². The van der Waals surface area contributed by atoms with Crippen molar-refractivity contribution in [3.05, 3.63) is 94.0 Å². The van der Waals surface area contributed by atoms with Crippen molar-refractivity contribution in [3.8, 4) is 11.5 Å². The quantitative estimate of drug-likeness (QED) is 0.306. The predicted octanol–water partition coefficient (Wildman–Crippen LogP) is 3.30. The molecule has 2 aliphatic rings. The highest BCUT2D eigenvalue weighted by molar-refractivity contribution is 6.23. The van der Waals surface area contributed by atoms with Crippen LogP contribution in [0.5, 0.6) is 11.5 Å². The second-order valence-corrected chi connectivity index (χ2v) is 8.05. The van der Waals surface area contributed by atoms with Crippen LogP contribution in [0, 0.1) is 10.1 Å². The number of nitrogens with zero attached hydrogens (tertiary/aromatic N) is 3. The summed E-state index contributed by atoms with van der Waals surface area (Å²) in [5.74, 6) is -0.372. The molecular weight excluding hydrogens is 454 g/mol. The Morgan fingerprint density at radius 1 is 1.00 bits per heavy atom. The van der Waals surface area contributed by atoms with Crippen LogP contribution in [0.1, 0.15) is 22.3 Å². The van der Waals surface area contributed by atoms with Crippen LogP contribution in [0.25, 0.3) is 0 Å². The number of imide groups is 1. The van der Waals surface area contributed by atoms with Crippen molar-refractivity contribution >= 4 is 29.1 Å². The van der Waals surface area contributed by atoms with E-state index in [2.05, 4.69) is 0 Å². The Balaban J connectivity index is 1.49. The van der Waals surface area contributed by atoms with E-state index in [1.807, 2.05) is 0 Å². The summed E-state index contributed by atoms with van der Waals surface area (Å²) in [7, 11) is 0. The molecule has 35 heavy (non-hydrogen) atoms. The van der Waals surface area contributed by atoms with Gasteiger partial charge in [0.05, 0.1) is 17.0 Å². The molecule has 5 rings (SSSR count). The van der Waals surface area contributed by atoms with E-state index in [0.29, 0.717) is 22.7 Å². The lowest BCUT2D eigenvalue weighted by atomic mass is 10.1. The average molecular weight is 473 g/mol. The Morgan fingerprint density at radius 2 is 1.71 bits per heavy atom. The first-order valence-electron chi connectivity index (χ1n) is 10.8. The Kier molecular flexibility index (Phi) is 5.61. The summed E-state index contributed by atoms with van der Waals surface area (Å²) < 4.78 is 10.8. The number of carbonyl (C=O) groups excluding carboxylic acids is 3. The van der Waals surface area contributed by atoms with E-state index in [0.717, 1.165) is 4.90 Å². The maximum absolute atomic E-state index is 13.6. The second-order valence-electron chi connectivity index (χ2n) is 8.05. The van der Waals surface area contributed by atoms with E-state index >= 15 is 0 Å². The fourth-order valence-corrected chi connectivity index (χ4v) is 4.16. The summed E-state index contributed by atoms with van der Waals surface area (Å²) in [6, 6.07) is 17.8. The Labute approximate surface area is 199 Å². The first-order chi connectivity index (χ1) is 16.9. The smallest absolute Gasteiger partial charge is 0.269 e. The second kappa shape index (κ2) is 8.90. The van der Waals surface area contributed by atoms with Crippen LogP contribution in [0.15, 0.2) is 72.8 Å². The number of benzene rings is 3. The van der Waals surface area contributed by atoms with E-state index in [4.69, 9.17) is 9.47 Å². The number of nitro groups is 1. The van der Waals surface area contributed by atoms with Gasteiger partial charge < -0.3 is 14.4 Å². The normalized spacial score (nSPS) is 16.5. The number of nitro benzene ring substituents is 1. The van der Waals surface area contributed by atoms with Gasteiger partial charge in [0, 0.05) is 24.2 Å². The summed E-state index contributed by atoms with van der Waals surface area (Å²) in [4.78, 5) is 52.7. The van der Waals surface area contributed by atoms with Gasteiger partial charge in [0.15, 0.2) is 11.5 Å². The number of para-hydroxylation sites is 1. The predicted molar refractivity (Wildman–Crippen MR) is 123 cm³/mol. The summed E-state index contributed by atoms with van der Waals surface area (Å²) >= 11 is 0. The summed E-state index contributed by atoms with van der Waals surface area (Å²) in [6.45, 7) is 0.102. The van der Waals surface area contributed by atoms with Crippen LogP contribution in [-0.2, 0) is 16.1 Å². The van der Waals surface area contributed by atoms with E-state index < -0.39 is 28.7 Å². The number of carbonyl (C=O) groups is 3. The third kappa shape index (κ3) is 4.17. The van der Waals surface area contributed by atoms with Crippen LogP contribution in [0.3, 0.4) is 0 Å². The summed E-state index contributed by atoms with van der Waals surface area (Å²) in [5.41, 5.74) is 1.10. The molecule has 1 atom stereocenters. The van der Waals surface area contributed by atoms with E-state index in [-0.39, 0.29) is 31.0 Å². The molecule has 10 heteroatoms. The van der Waals surface area contributed by atoms with E-state index in [1.54, 1.807) is 48.5 Å². The van der Waals surface area contributed by atoms with Crippen molar-refractivity contribution < 1.29 is 28.8 Å². The molecule has 0 saturated carbocycles. The zero-order valence-corrected chi connectivity index (χ0v) is 18.3. The lowest BCUT2D eigenvalue weighted by molar-refractivity contribution is -0.384. The molecule has 1 saturated heterocycles. The topological polar surface area (TPSA) is 119 Å². The summed E-state index contributed by atoms with van der Waals surface area (Å²) in [6.07, 6.45) is -0.184. The van der Waals surface area contributed by atoms with Gasteiger partial charge in [-0.25, -0.2) is 4.90 Å². The van der Waals surface area contributed by atoms with Crippen molar-refractivity contribution in [2.45, 2.75) is 19.0 Å². The number of fused-ring (bicyclic) bond motifs is 1. The number of rotatable bonds is 6. The first-order valence-corrected chi connectivity index (χ1v) is 10.8. The van der Waals surface area contributed by atoms with Crippen molar-refractivity contribution in [1.29, 1.82) is 0 Å². The summed E-state index contributed by atoms with van der Waals surface area (Å²) in [5, 5.41) is 11.0. The molecule has 0 aliphatic carbocycles. The minimum absolute atomic E-state index is 0.0127. The van der Waals surface area contributed by atoms with Gasteiger partial charge in [-0.05, 0) is 42.0 Å². The Hall–Kier alpha value is -4.73. The molecular formula is C25H19N3O7. The number of hydrogen-bond acceptors (Lipinski definition) is 7. The monoisotopic (exact) mass is 473 g/mol. The van der Waals surface area contributed by atoms with Gasteiger partial charge in [0.25, 0.3) is 17.5 Å². The molecule has 0 bridgehead atoms. The van der Waals surface area contributed by atoms with Gasteiger partial charge in [-0.3, -0.25) is 24.5 Å². The van der Waals surface area contributed by atoms with Gasteiger partial charge in [-0.1, -0.05) is 24.3 Å². The zero-order chi connectivity index (χ0) is 24.5. The number of hydrogen-bond donors (Lipinski definition) is 0. The minimum Gasteiger partial charge on any atom is -0.454 e. The number of amides is 3. The molecule has 3 aromatic carbocycles. The highest BCUT2D eigenvalue weighted by Gasteiger charge is 2.44. The molecule has 1 fully saturated rings. The molecule has 1 unspecified atom stereocenters. The highest BCUT2D eigenvalue weighted by atomic mass is 16.7. The van der Waals surface area contributed by atoms with Crippen LogP contribution in [0.2, 0.25) is 0 Å². The molecule has 10 nitrogen and oxygen atoms in total. The Morgan fingerprint density at radius 3 is 2.43 bits per heavy atom. The zero-order valence-electron chi connectivity index (χ0n) is 18.3. The van der Waals surface area contributed by atoms with Crippen molar-refractivity contribution in [1.82, 2.24) is 4.90 Å². The molecule has 176 valence electrons.